The van der Waals surface area contributed by atoms with Crippen LogP contribution in [-0.4, -0.2) is 13.5 Å². The summed E-state index contributed by atoms with van der Waals surface area (Å²) in [7, 11) is -3.78. The number of benzene rings is 1. The molecular weight excluding hydrogens is 234 g/mol. The molecule has 1 aromatic carbocycles. The van der Waals surface area contributed by atoms with Gasteiger partial charge in [-0.15, -0.1) is 0 Å². The number of thiocarbonyl (C=S) groups is 1. The number of aryl methyl sites for hydroxylation is 1. The SMILES string of the molecule is Cc1ccc(NC(N)=S)c(S(N)(=O)=O)c1. The maximum Gasteiger partial charge on any atom is 0.240 e. The summed E-state index contributed by atoms with van der Waals surface area (Å²) < 4.78 is 22.5. The van der Waals surface area contributed by atoms with E-state index in [9.17, 15) is 8.42 Å². The van der Waals surface area contributed by atoms with E-state index in [0.717, 1.165) is 5.56 Å². The van der Waals surface area contributed by atoms with Gasteiger partial charge < -0.3 is 11.1 Å². The number of primary sulfonamides is 1. The molecule has 0 heterocycles. The van der Waals surface area contributed by atoms with E-state index in [4.69, 9.17) is 10.9 Å². The van der Waals surface area contributed by atoms with Gasteiger partial charge in [0.15, 0.2) is 5.11 Å². The Morgan fingerprint density at radius 1 is 1.47 bits per heavy atom. The molecule has 0 fully saturated rings. The van der Waals surface area contributed by atoms with Crippen LogP contribution in [0.5, 0.6) is 0 Å². The van der Waals surface area contributed by atoms with Crippen LogP contribution in [0.4, 0.5) is 5.69 Å². The molecule has 0 atom stereocenters. The molecule has 0 aliphatic heterocycles. The monoisotopic (exact) mass is 245 g/mol. The molecule has 82 valence electrons. The molecule has 0 aliphatic rings. The van der Waals surface area contributed by atoms with Crippen molar-refractivity contribution in [3.05, 3.63) is 23.8 Å². The first-order valence-corrected chi connectivity index (χ1v) is 5.96. The number of rotatable bonds is 2. The van der Waals surface area contributed by atoms with Gasteiger partial charge in [0.25, 0.3) is 0 Å². The summed E-state index contributed by atoms with van der Waals surface area (Å²) in [5, 5.41) is 7.60. The standard InChI is InChI=1S/C8H11N3O2S2/c1-5-2-3-6(11-8(9)14)7(4-5)15(10,12)13/h2-4H,1H3,(H3,9,11,14)(H2,10,12,13). The molecule has 5 N–H and O–H groups in total. The van der Waals surface area contributed by atoms with Crippen molar-refractivity contribution >= 4 is 33.0 Å². The minimum absolute atomic E-state index is 0.0104. The molecule has 0 saturated carbocycles. The van der Waals surface area contributed by atoms with E-state index in [0.29, 0.717) is 0 Å². The van der Waals surface area contributed by atoms with Crippen LogP contribution in [0.25, 0.3) is 0 Å². The second kappa shape index (κ2) is 4.13. The summed E-state index contributed by atoms with van der Waals surface area (Å²) in [4.78, 5) is -0.0182. The van der Waals surface area contributed by atoms with Gasteiger partial charge in [-0.3, -0.25) is 0 Å². The van der Waals surface area contributed by atoms with Crippen molar-refractivity contribution in [3.8, 4) is 0 Å². The van der Waals surface area contributed by atoms with Crippen molar-refractivity contribution in [2.24, 2.45) is 10.9 Å². The highest BCUT2D eigenvalue weighted by molar-refractivity contribution is 7.89. The Morgan fingerprint density at radius 3 is 2.53 bits per heavy atom. The van der Waals surface area contributed by atoms with Gasteiger partial charge in [-0.1, -0.05) is 6.07 Å². The Bertz CT molecular complexity index is 497. The highest BCUT2D eigenvalue weighted by Gasteiger charge is 2.14. The van der Waals surface area contributed by atoms with Crippen LogP contribution >= 0.6 is 12.2 Å². The van der Waals surface area contributed by atoms with Crippen molar-refractivity contribution in [2.45, 2.75) is 11.8 Å². The van der Waals surface area contributed by atoms with Gasteiger partial charge in [0.1, 0.15) is 4.90 Å². The fraction of sp³-hybridized carbons (Fsp3) is 0.125. The fourth-order valence-electron chi connectivity index (χ4n) is 1.10. The van der Waals surface area contributed by atoms with E-state index in [1.807, 2.05) is 0 Å². The molecule has 1 aromatic rings. The number of nitrogens with one attached hydrogen (secondary N) is 1. The lowest BCUT2D eigenvalue weighted by Gasteiger charge is -2.09. The third kappa shape index (κ3) is 3.15. The van der Waals surface area contributed by atoms with Crippen LogP contribution in [0.2, 0.25) is 0 Å². The number of anilines is 1. The lowest BCUT2D eigenvalue weighted by molar-refractivity contribution is 0.598. The van der Waals surface area contributed by atoms with Crippen molar-refractivity contribution in [1.29, 1.82) is 0 Å². The third-order valence-electron chi connectivity index (χ3n) is 1.70. The molecule has 15 heavy (non-hydrogen) atoms. The first-order valence-electron chi connectivity index (χ1n) is 4.00. The molecule has 0 aromatic heterocycles. The quantitative estimate of drug-likeness (QED) is 0.651. The normalized spacial score (nSPS) is 11.1. The Kier molecular flexibility index (Phi) is 3.28. The molecule has 0 amide bonds. The highest BCUT2D eigenvalue weighted by atomic mass is 32.2. The molecule has 0 spiro atoms. The molecule has 5 nitrogen and oxygen atoms in total. The van der Waals surface area contributed by atoms with Crippen molar-refractivity contribution < 1.29 is 8.42 Å². The van der Waals surface area contributed by atoms with E-state index in [1.54, 1.807) is 19.1 Å². The first-order chi connectivity index (χ1) is 6.80. The molecule has 7 heteroatoms. The maximum atomic E-state index is 11.2. The second-order valence-electron chi connectivity index (χ2n) is 3.03. The summed E-state index contributed by atoms with van der Waals surface area (Å²) in [5.74, 6) is 0. The number of hydrogen-bond donors (Lipinski definition) is 3. The van der Waals surface area contributed by atoms with Crippen molar-refractivity contribution in [3.63, 3.8) is 0 Å². The van der Waals surface area contributed by atoms with Crippen LogP contribution < -0.4 is 16.2 Å². The van der Waals surface area contributed by atoms with Gasteiger partial charge in [-0.25, -0.2) is 13.6 Å². The zero-order valence-corrected chi connectivity index (χ0v) is 9.65. The lowest BCUT2D eigenvalue weighted by atomic mass is 10.2. The van der Waals surface area contributed by atoms with E-state index in [2.05, 4.69) is 17.5 Å². The second-order valence-corrected chi connectivity index (χ2v) is 5.00. The van der Waals surface area contributed by atoms with E-state index < -0.39 is 10.0 Å². The van der Waals surface area contributed by atoms with E-state index >= 15 is 0 Å². The Balaban J connectivity index is 3.33. The molecule has 0 unspecified atom stereocenters. The van der Waals surface area contributed by atoms with Crippen LogP contribution in [-0.2, 0) is 10.0 Å². The summed E-state index contributed by atoms with van der Waals surface area (Å²) in [6, 6.07) is 4.75. The number of hydrogen-bond acceptors (Lipinski definition) is 3. The molecule has 0 radical (unpaired) electrons. The number of nitrogens with two attached hydrogens (primary N) is 2. The van der Waals surface area contributed by atoms with Crippen molar-refractivity contribution in [1.82, 2.24) is 0 Å². The summed E-state index contributed by atoms with van der Waals surface area (Å²) in [6.07, 6.45) is 0. The van der Waals surface area contributed by atoms with Gasteiger partial charge >= 0.3 is 0 Å². The van der Waals surface area contributed by atoms with Gasteiger partial charge in [0.05, 0.1) is 5.69 Å². The predicted octanol–water partition coefficient (Wildman–Crippen LogP) is 0.298. The summed E-state index contributed by atoms with van der Waals surface area (Å²) in [5.41, 5.74) is 6.33. The van der Waals surface area contributed by atoms with E-state index in [-0.39, 0.29) is 15.7 Å². The smallest absolute Gasteiger partial charge is 0.240 e. The predicted molar refractivity (Wildman–Crippen MR) is 63.0 cm³/mol. The first kappa shape index (κ1) is 11.9. The molecular formula is C8H11N3O2S2. The third-order valence-corrected chi connectivity index (χ3v) is 2.75. The summed E-state index contributed by atoms with van der Waals surface area (Å²) >= 11 is 4.62. The minimum Gasteiger partial charge on any atom is -0.376 e. The zero-order chi connectivity index (χ0) is 11.6. The molecule has 0 bridgehead atoms. The van der Waals surface area contributed by atoms with Crippen molar-refractivity contribution in [2.75, 3.05) is 5.32 Å². The topological polar surface area (TPSA) is 98.2 Å². The molecule has 1 rings (SSSR count). The van der Waals surface area contributed by atoms with Crippen LogP contribution in [0.15, 0.2) is 23.1 Å². The molecule has 0 aliphatic carbocycles. The van der Waals surface area contributed by atoms with E-state index in [1.165, 1.54) is 6.07 Å². The lowest BCUT2D eigenvalue weighted by Crippen LogP contribution is -2.22. The summed E-state index contributed by atoms with van der Waals surface area (Å²) in [6.45, 7) is 1.76. The Morgan fingerprint density at radius 2 is 2.07 bits per heavy atom. The number of sulfonamides is 1. The maximum absolute atomic E-state index is 11.2. The van der Waals surface area contributed by atoms with Crippen LogP contribution in [0, 0.1) is 6.92 Å². The Labute approximate surface area is 93.5 Å². The highest BCUT2D eigenvalue weighted by Crippen LogP contribution is 2.21. The average Bonchev–Trinajstić information content (AvgIpc) is 2.05. The average molecular weight is 245 g/mol. The van der Waals surface area contributed by atoms with Gasteiger partial charge in [0.2, 0.25) is 10.0 Å². The Hall–Kier alpha value is -1.18. The zero-order valence-electron chi connectivity index (χ0n) is 8.02. The minimum atomic E-state index is -3.78. The largest absolute Gasteiger partial charge is 0.376 e. The van der Waals surface area contributed by atoms with Crippen LogP contribution in [0.1, 0.15) is 5.56 Å². The van der Waals surface area contributed by atoms with Crippen LogP contribution in [0.3, 0.4) is 0 Å². The fourth-order valence-corrected chi connectivity index (χ4v) is 1.99. The molecule has 0 saturated heterocycles. The van der Waals surface area contributed by atoms with Gasteiger partial charge in [-0.05, 0) is 36.8 Å². The van der Waals surface area contributed by atoms with Gasteiger partial charge in [0, 0.05) is 0 Å². The van der Waals surface area contributed by atoms with Gasteiger partial charge in [-0.2, -0.15) is 0 Å².